The Morgan fingerprint density at radius 2 is 1.94 bits per heavy atom. The van der Waals surface area contributed by atoms with Crippen molar-refractivity contribution in [2.24, 2.45) is 5.10 Å². The van der Waals surface area contributed by atoms with E-state index in [-0.39, 0.29) is 5.90 Å². The van der Waals surface area contributed by atoms with E-state index in [0.29, 0.717) is 10.6 Å². The molecule has 0 aliphatic carbocycles. The second kappa shape index (κ2) is 4.97. The summed E-state index contributed by atoms with van der Waals surface area (Å²) in [7, 11) is 0. The largest absolute Gasteiger partial charge is 0.854 e. The Balaban J connectivity index is 2.36. The van der Waals surface area contributed by atoms with E-state index in [0.717, 1.165) is 5.69 Å². The molecule has 0 aliphatic rings. The van der Waals surface area contributed by atoms with Gasteiger partial charge in [0.25, 0.3) is 0 Å². The minimum atomic E-state index is -0.277. The molecule has 0 bridgehead atoms. The van der Waals surface area contributed by atoms with Crippen LogP contribution in [0.15, 0.2) is 53.8 Å². The summed E-state index contributed by atoms with van der Waals surface area (Å²) in [5.74, 6) is -0.277. The van der Waals surface area contributed by atoms with Crippen LogP contribution >= 0.6 is 11.6 Å². The quantitative estimate of drug-likeness (QED) is 0.450. The van der Waals surface area contributed by atoms with Gasteiger partial charge in [-0.1, -0.05) is 46.6 Å². The van der Waals surface area contributed by atoms with Crippen LogP contribution in [-0.4, -0.2) is 5.90 Å². The predicted octanol–water partition coefficient (Wildman–Crippen LogP) is 1.51. The van der Waals surface area contributed by atoms with Gasteiger partial charge in [-0.05, 0) is 10.7 Å². The van der Waals surface area contributed by atoms with Crippen LogP contribution in [0.5, 0.6) is 0 Å². The lowest BCUT2D eigenvalue weighted by atomic mass is 10.2. The molecule has 2 rings (SSSR count). The van der Waals surface area contributed by atoms with Gasteiger partial charge < -0.3 is 5.11 Å². The van der Waals surface area contributed by atoms with Crippen LogP contribution in [0.1, 0.15) is 11.3 Å². The van der Waals surface area contributed by atoms with Crippen molar-refractivity contribution in [3.05, 3.63) is 64.9 Å². The predicted molar refractivity (Wildman–Crippen MR) is 64.8 cm³/mol. The second-order valence-corrected chi connectivity index (χ2v) is 4.04. The Labute approximate surface area is 105 Å². The Bertz CT molecular complexity index is 553. The molecule has 1 aromatic heterocycles. The molecule has 1 aromatic carbocycles. The second-order valence-electron chi connectivity index (χ2n) is 3.60. The summed E-state index contributed by atoms with van der Waals surface area (Å²) >= 11 is 5.83. The fraction of sp³-hybridized carbons (Fsp3) is 0.0769. The molecule has 0 saturated heterocycles. The number of hydrogen-bond acceptors (Lipinski definition) is 2. The normalized spacial score (nSPS) is 11.5. The zero-order chi connectivity index (χ0) is 12.3. The fourth-order valence-electron chi connectivity index (χ4n) is 1.42. The summed E-state index contributed by atoms with van der Waals surface area (Å²) in [6.07, 6.45) is 1.67. The highest BCUT2D eigenvalue weighted by molar-refractivity contribution is 6.30. The maximum Gasteiger partial charge on any atom is 0.212 e. The van der Waals surface area contributed by atoms with Crippen LogP contribution in [-0.2, 0) is 0 Å². The van der Waals surface area contributed by atoms with Gasteiger partial charge in [-0.15, -0.1) is 0 Å². The van der Waals surface area contributed by atoms with E-state index in [1.807, 2.05) is 25.1 Å². The zero-order valence-corrected chi connectivity index (χ0v) is 10.1. The molecule has 0 saturated carbocycles. The van der Waals surface area contributed by atoms with Gasteiger partial charge in [-0.2, -0.15) is 0 Å². The number of benzene rings is 1. The molecular weight excluding hydrogens is 236 g/mol. The van der Waals surface area contributed by atoms with Gasteiger partial charge in [0.15, 0.2) is 0 Å². The molecule has 3 nitrogen and oxygen atoms in total. The molecule has 0 radical (unpaired) electrons. The minimum absolute atomic E-state index is 0.277. The summed E-state index contributed by atoms with van der Waals surface area (Å²) in [5, 5.41) is 16.4. The molecule has 86 valence electrons. The molecule has 1 heterocycles. The third-order valence-corrected chi connectivity index (χ3v) is 2.54. The first-order valence-electron chi connectivity index (χ1n) is 5.16. The molecule has 4 heteroatoms. The van der Waals surface area contributed by atoms with Crippen LogP contribution in [0.2, 0.25) is 5.02 Å². The molecule has 0 amide bonds. The zero-order valence-electron chi connectivity index (χ0n) is 9.30. The molecule has 0 spiro atoms. The number of aryl methyl sites for hydroxylation is 1. The van der Waals surface area contributed by atoms with Gasteiger partial charge in [0.2, 0.25) is 11.9 Å². The number of hydrogen-bond donors (Lipinski definition) is 0. The number of nitrogens with zero attached hydrogens (tertiary/aromatic N) is 2. The molecule has 2 aromatic rings. The van der Waals surface area contributed by atoms with Crippen LogP contribution in [0, 0.1) is 6.92 Å². The molecule has 0 aliphatic heterocycles. The molecule has 0 fully saturated rings. The highest BCUT2D eigenvalue weighted by atomic mass is 35.5. The van der Waals surface area contributed by atoms with Crippen molar-refractivity contribution in [3.8, 4) is 0 Å². The van der Waals surface area contributed by atoms with Gasteiger partial charge in [0.1, 0.15) is 0 Å². The molecule has 17 heavy (non-hydrogen) atoms. The van der Waals surface area contributed by atoms with Gasteiger partial charge in [0, 0.05) is 19.1 Å². The molecule has 0 atom stereocenters. The third kappa shape index (κ3) is 2.82. The van der Waals surface area contributed by atoms with Crippen molar-refractivity contribution in [2.75, 3.05) is 0 Å². The SMILES string of the molecule is Cc1cc(Cl)cc[n+]1/N=C(\[O-])c1ccccc1. The summed E-state index contributed by atoms with van der Waals surface area (Å²) in [4.78, 5) is 0. The maximum absolute atomic E-state index is 11.8. The van der Waals surface area contributed by atoms with Crippen molar-refractivity contribution in [2.45, 2.75) is 6.92 Å². The highest BCUT2D eigenvalue weighted by Gasteiger charge is 2.05. The van der Waals surface area contributed by atoms with Crippen LogP contribution in [0.3, 0.4) is 0 Å². The van der Waals surface area contributed by atoms with Crippen molar-refractivity contribution < 1.29 is 9.78 Å². The van der Waals surface area contributed by atoms with E-state index in [1.165, 1.54) is 4.68 Å². The lowest BCUT2D eigenvalue weighted by molar-refractivity contribution is -0.687. The third-order valence-electron chi connectivity index (χ3n) is 2.30. The van der Waals surface area contributed by atoms with Crippen molar-refractivity contribution >= 4 is 17.5 Å². The number of aromatic nitrogens is 1. The van der Waals surface area contributed by atoms with Crippen molar-refractivity contribution in [3.63, 3.8) is 0 Å². The summed E-state index contributed by atoms with van der Waals surface area (Å²) in [6.45, 7) is 1.84. The summed E-state index contributed by atoms with van der Waals surface area (Å²) in [5.41, 5.74) is 1.37. The Morgan fingerprint density at radius 3 is 2.59 bits per heavy atom. The van der Waals surface area contributed by atoms with E-state index < -0.39 is 0 Å². The average molecular weight is 247 g/mol. The standard InChI is InChI=1S/C13H11ClN2O/c1-10-9-12(14)7-8-16(10)15-13(17)11-5-3-2-4-6-11/h2-9H,1H3. The van der Waals surface area contributed by atoms with Crippen LogP contribution in [0.4, 0.5) is 0 Å². The van der Waals surface area contributed by atoms with Crippen molar-refractivity contribution in [1.82, 2.24) is 0 Å². The number of halogens is 1. The molecule has 0 N–H and O–H groups in total. The topological polar surface area (TPSA) is 39.3 Å². The highest BCUT2D eigenvalue weighted by Crippen LogP contribution is 2.06. The van der Waals surface area contributed by atoms with E-state index in [4.69, 9.17) is 11.6 Å². The lowest BCUT2D eigenvalue weighted by Gasteiger charge is -2.06. The smallest absolute Gasteiger partial charge is 0.212 e. The van der Waals surface area contributed by atoms with E-state index in [1.54, 1.807) is 30.5 Å². The summed E-state index contributed by atoms with van der Waals surface area (Å²) in [6, 6.07) is 12.4. The van der Waals surface area contributed by atoms with E-state index in [9.17, 15) is 5.11 Å². The maximum atomic E-state index is 11.8. The first-order valence-corrected chi connectivity index (χ1v) is 5.54. The first-order chi connectivity index (χ1) is 8.16. The van der Waals surface area contributed by atoms with Crippen molar-refractivity contribution in [1.29, 1.82) is 0 Å². The van der Waals surface area contributed by atoms with Crippen LogP contribution in [0.25, 0.3) is 0 Å². The Hall–Kier alpha value is -1.87. The molecule has 0 unspecified atom stereocenters. The van der Waals surface area contributed by atoms with Gasteiger partial charge in [-0.3, -0.25) is 0 Å². The fourth-order valence-corrected chi connectivity index (χ4v) is 1.64. The Morgan fingerprint density at radius 1 is 1.24 bits per heavy atom. The first kappa shape index (κ1) is 11.6. The van der Waals surface area contributed by atoms with Gasteiger partial charge >= 0.3 is 0 Å². The lowest BCUT2D eigenvalue weighted by Crippen LogP contribution is -2.36. The van der Waals surface area contributed by atoms with Gasteiger partial charge in [0.05, 0.1) is 10.9 Å². The summed E-state index contributed by atoms with van der Waals surface area (Å²) < 4.78 is 1.52. The monoisotopic (exact) mass is 246 g/mol. The van der Waals surface area contributed by atoms with E-state index >= 15 is 0 Å². The number of pyridine rings is 1. The Kier molecular flexibility index (Phi) is 3.40. The minimum Gasteiger partial charge on any atom is -0.854 e. The number of rotatable bonds is 2. The van der Waals surface area contributed by atoms with Crippen LogP contribution < -0.4 is 9.78 Å². The van der Waals surface area contributed by atoms with Gasteiger partial charge in [-0.25, -0.2) is 0 Å². The van der Waals surface area contributed by atoms with E-state index in [2.05, 4.69) is 5.10 Å². The molecular formula is C13H11ClN2O. The average Bonchev–Trinajstić information content (AvgIpc) is 2.34.